The van der Waals surface area contributed by atoms with Gasteiger partial charge in [-0.25, -0.2) is 0 Å². The number of carbonyl (C=O) groups is 2. The van der Waals surface area contributed by atoms with Gasteiger partial charge in [0.05, 0.1) is 13.1 Å². The molecular formula is C14H30ClN3O2. The normalized spacial score (nSPS) is 12.6. The van der Waals surface area contributed by atoms with Crippen molar-refractivity contribution in [2.24, 2.45) is 17.1 Å². The molecule has 6 heteroatoms. The number of hydrogen-bond donors (Lipinski definition) is 3. The smallest absolute Gasteiger partial charge is 0.239 e. The number of rotatable bonds is 7. The van der Waals surface area contributed by atoms with Crippen LogP contribution in [-0.4, -0.2) is 30.9 Å². The predicted octanol–water partition coefficient (Wildman–Crippen LogP) is 1.45. The summed E-state index contributed by atoms with van der Waals surface area (Å²) < 4.78 is 0. The van der Waals surface area contributed by atoms with Crippen molar-refractivity contribution in [2.75, 3.05) is 13.1 Å². The monoisotopic (exact) mass is 307 g/mol. The van der Waals surface area contributed by atoms with Gasteiger partial charge < -0.3 is 16.4 Å². The van der Waals surface area contributed by atoms with E-state index in [4.69, 9.17) is 5.73 Å². The second kappa shape index (κ2) is 10.00. The van der Waals surface area contributed by atoms with Crippen LogP contribution < -0.4 is 16.4 Å². The van der Waals surface area contributed by atoms with Crippen LogP contribution >= 0.6 is 12.4 Å². The summed E-state index contributed by atoms with van der Waals surface area (Å²) in [5.74, 6) is 0.133. The molecule has 0 saturated carbocycles. The number of nitrogens with two attached hydrogens (primary N) is 1. The van der Waals surface area contributed by atoms with E-state index in [-0.39, 0.29) is 48.8 Å². The van der Waals surface area contributed by atoms with E-state index in [1.165, 1.54) is 0 Å². The fourth-order valence-corrected chi connectivity index (χ4v) is 1.72. The van der Waals surface area contributed by atoms with Gasteiger partial charge in [-0.2, -0.15) is 0 Å². The Morgan fingerprint density at radius 2 is 1.65 bits per heavy atom. The van der Waals surface area contributed by atoms with E-state index in [1.54, 1.807) is 0 Å². The first-order valence-corrected chi connectivity index (χ1v) is 6.93. The van der Waals surface area contributed by atoms with Gasteiger partial charge in [-0.15, -0.1) is 12.4 Å². The Morgan fingerprint density at radius 3 is 2.05 bits per heavy atom. The van der Waals surface area contributed by atoms with Crippen LogP contribution in [0.15, 0.2) is 0 Å². The summed E-state index contributed by atoms with van der Waals surface area (Å²) in [7, 11) is 0. The second-order valence-electron chi connectivity index (χ2n) is 6.44. The van der Waals surface area contributed by atoms with E-state index >= 15 is 0 Å². The molecule has 2 amide bonds. The van der Waals surface area contributed by atoms with Gasteiger partial charge in [0, 0.05) is 6.04 Å². The minimum Gasteiger partial charge on any atom is -0.351 e. The average Bonchev–Trinajstić information content (AvgIpc) is 2.29. The fraction of sp³-hybridized carbons (Fsp3) is 0.857. The van der Waals surface area contributed by atoms with Crippen molar-refractivity contribution in [3.63, 3.8) is 0 Å². The Hall–Kier alpha value is -0.810. The van der Waals surface area contributed by atoms with Crippen LogP contribution in [0.2, 0.25) is 0 Å². The molecule has 0 radical (unpaired) electrons. The van der Waals surface area contributed by atoms with Crippen LogP contribution in [0.1, 0.15) is 47.5 Å². The van der Waals surface area contributed by atoms with E-state index in [2.05, 4.69) is 45.3 Å². The Bertz CT molecular complexity index is 301. The lowest BCUT2D eigenvalue weighted by Crippen LogP contribution is -2.48. The number of hydrogen-bond acceptors (Lipinski definition) is 3. The molecule has 0 aliphatic carbocycles. The maximum absolute atomic E-state index is 11.8. The van der Waals surface area contributed by atoms with Gasteiger partial charge in [-0.3, -0.25) is 9.59 Å². The van der Waals surface area contributed by atoms with Crippen molar-refractivity contribution in [3.8, 4) is 0 Å². The van der Waals surface area contributed by atoms with E-state index in [0.717, 1.165) is 12.8 Å². The van der Waals surface area contributed by atoms with E-state index in [0.29, 0.717) is 5.92 Å². The molecule has 0 saturated heterocycles. The van der Waals surface area contributed by atoms with Gasteiger partial charge in [0.1, 0.15) is 0 Å². The topological polar surface area (TPSA) is 84.2 Å². The Morgan fingerprint density at radius 1 is 1.10 bits per heavy atom. The predicted molar refractivity (Wildman–Crippen MR) is 84.8 cm³/mol. The molecule has 0 bridgehead atoms. The maximum atomic E-state index is 11.8. The molecule has 0 aliphatic heterocycles. The lowest BCUT2D eigenvalue weighted by Gasteiger charge is -2.32. The lowest BCUT2D eigenvalue weighted by atomic mass is 9.83. The molecule has 0 aromatic carbocycles. The highest BCUT2D eigenvalue weighted by Gasteiger charge is 2.26. The minimum atomic E-state index is -0.315. The fourth-order valence-electron chi connectivity index (χ4n) is 1.72. The van der Waals surface area contributed by atoms with Crippen molar-refractivity contribution in [1.82, 2.24) is 10.6 Å². The number of carbonyl (C=O) groups excluding carboxylic acids is 2. The summed E-state index contributed by atoms with van der Waals surface area (Å²) in [6.07, 6.45) is 2.01. The summed E-state index contributed by atoms with van der Waals surface area (Å²) in [6, 6.07) is 0.108. The summed E-state index contributed by atoms with van der Waals surface area (Å²) >= 11 is 0. The molecule has 20 heavy (non-hydrogen) atoms. The zero-order valence-electron chi connectivity index (χ0n) is 13.3. The van der Waals surface area contributed by atoms with E-state index in [1.807, 2.05) is 0 Å². The molecule has 5 nitrogen and oxygen atoms in total. The molecule has 120 valence electrons. The summed E-state index contributed by atoms with van der Waals surface area (Å²) in [5.41, 5.74) is 5.17. The number of amides is 2. The molecule has 4 N–H and O–H groups in total. The highest BCUT2D eigenvalue weighted by atomic mass is 35.5. The van der Waals surface area contributed by atoms with Crippen LogP contribution in [-0.2, 0) is 9.59 Å². The summed E-state index contributed by atoms with van der Waals surface area (Å²) in [6.45, 7) is 10.6. The van der Waals surface area contributed by atoms with Crippen molar-refractivity contribution in [3.05, 3.63) is 0 Å². The molecule has 0 rings (SSSR count). The molecule has 0 aromatic heterocycles. The first-order valence-electron chi connectivity index (χ1n) is 6.93. The third-order valence-electron chi connectivity index (χ3n) is 3.04. The highest BCUT2D eigenvalue weighted by molar-refractivity contribution is 5.85. The van der Waals surface area contributed by atoms with Crippen molar-refractivity contribution < 1.29 is 9.59 Å². The van der Waals surface area contributed by atoms with Gasteiger partial charge >= 0.3 is 0 Å². The average molecular weight is 308 g/mol. The Balaban J connectivity index is 0. The van der Waals surface area contributed by atoms with Gasteiger partial charge in [-0.1, -0.05) is 34.6 Å². The van der Waals surface area contributed by atoms with Gasteiger partial charge in [-0.05, 0) is 24.2 Å². The molecule has 0 heterocycles. The largest absolute Gasteiger partial charge is 0.351 e. The zero-order valence-corrected chi connectivity index (χ0v) is 14.1. The molecule has 0 aliphatic rings. The quantitative estimate of drug-likeness (QED) is 0.665. The van der Waals surface area contributed by atoms with Gasteiger partial charge in [0.15, 0.2) is 0 Å². The van der Waals surface area contributed by atoms with Gasteiger partial charge in [0.25, 0.3) is 0 Å². The van der Waals surface area contributed by atoms with E-state index in [9.17, 15) is 9.59 Å². The van der Waals surface area contributed by atoms with Crippen LogP contribution in [0, 0.1) is 11.3 Å². The third-order valence-corrected chi connectivity index (χ3v) is 3.04. The third kappa shape index (κ3) is 10.0. The van der Waals surface area contributed by atoms with Gasteiger partial charge in [0.2, 0.25) is 11.8 Å². The molecular weight excluding hydrogens is 278 g/mol. The van der Waals surface area contributed by atoms with E-state index < -0.39 is 0 Å². The second-order valence-corrected chi connectivity index (χ2v) is 6.44. The minimum absolute atomic E-state index is 0. The maximum Gasteiger partial charge on any atom is 0.239 e. The molecule has 1 unspecified atom stereocenters. The lowest BCUT2D eigenvalue weighted by molar-refractivity contribution is -0.126. The van der Waals surface area contributed by atoms with Crippen molar-refractivity contribution in [2.45, 2.75) is 53.5 Å². The molecule has 0 aromatic rings. The van der Waals surface area contributed by atoms with Crippen LogP contribution in [0.25, 0.3) is 0 Å². The molecule has 0 fully saturated rings. The number of nitrogens with one attached hydrogen (secondary N) is 2. The first-order chi connectivity index (χ1) is 8.66. The number of halogens is 1. The highest BCUT2D eigenvalue weighted by Crippen LogP contribution is 2.24. The van der Waals surface area contributed by atoms with Crippen molar-refractivity contribution >= 4 is 24.2 Å². The Kier molecular flexibility index (Phi) is 10.7. The summed E-state index contributed by atoms with van der Waals surface area (Å²) in [4.78, 5) is 22.8. The van der Waals surface area contributed by atoms with Crippen molar-refractivity contribution in [1.29, 1.82) is 0 Å². The standard InChI is InChI=1S/C14H29N3O2.ClH/c1-10(2)6-7-11(14(3,4)5)17-13(19)9-16-12(18)8-15;/h10-11H,6-9,15H2,1-5H3,(H,16,18)(H,17,19);1H. The van der Waals surface area contributed by atoms with Crippen LogP contribution in [0.5, 0.6) is 0 Å². The molecule has 0 spiro atoms. The summed E-state index contributed by atoms with van der Waals surface area (Å²) in [5, 5.41) is 5.48. The Labute approximate surface area is 128 Å². The SMILES string of the molecule is CC(C)CCC(NC(=O)CNC(=O)CN)C(C)(C)C.Cl. The zero-order chi connectivity index (χ0) is 15.1. The first kappa shape index (κ1) is 21.5. The van der Waals surface area contributed by atoms with Crippen LogP contribution in [0.4, 0.5) is 0 Å². The van der Waals surface area contributed by atoms with Crippen LogP contribution in [0.3, 0.4) is 0 Å². The molecule has 1 atom stereocenters.